The number of likely N-dealkylation sites (tertiary alicyclic amines) is 1. The molecule has 2 N–H and O–H groups in total. The molecule has 3 rings (SSSR count). The second kappa shape index (κ2) is 7.40. The van der Waals surface area contributed by atoms with E-state index < -0.39 is 0 Å². The SMILES string of the molecule is C[C@@H](N)[C@@H]1CCCN(C(=O)c2cccc(Oc3cnccn3)c2)C1. The maximum absolute atomic E-state index is 12.8. The molecular weight excluding hydrogens is 304 g/mol. The fourth-order valence-corrected chi connectivity index (χ4v) is 2.96. The first-order valence-corrected chi connectivity index (χ1v) is 8.22. The molecule has 1 aliphatic rings. The van der Waals surface area contributed by atoms with E-state index in [1.54, 1.807) is 30.6 Å². The number of hydrogen-bond donors (Lipinski definition) is 1. The van der Waals surface area contributed by atoms with Gasteiger partial charge >= 0.3 is 0 Å². The number of rotatable bonds is 4. The molecule has 0 spiro atoms. The largest absolute Gasteiger partial charge is 0.437 e. The Bertz CT molecular complexity index is 690. The number of amides is 1. The summed E-state index contributed by atoms with van der Waals surface area (Å²) in [6, 6.07) is 7.26. The van der Waals surface area contributed by atoms with E-state index in [1.807, 2.05) is 17.9 Å². The predicted octanol–water partition coefficient (Wildman–Crippen LogP) is 2.47. The quantitative estimate of drug-likeness (QED) is 0.933. The molecule has 0 bridgehead atoms. The summed E-state index contributed by atoms with van der Waals surface area (Å²) in [4.78, 5) is 22.7. The lowest BCUT2D eigenvalue weighted by atomic mass is 9.92. The molecule has 1 amide bonds. The summed E-state index contributed by atoms with van der Waals surface area (Å²) in [5, 5.41) is 0. The summed E-state index contributed by atoms with van der Waals surface area (Å²) in [5.41, 5.74) is 6.62. The molecule has 6 heteroatoms. The van der Waals surface area contributed by atoms with Crippen LogP contribution in [0.3, 0.4) is 0 Å². The van der Waals surface area contributed by atoms with Gasteiger partial charge in [0, 0.05) is 37.1 Å². The van der Waals surface area contributed by atoms with Crippen LogP contribution < -0.4 is 10.5 Å². The summed E-state index contributed by atoms with van der Waals surface area (Å²) >= 11 is 0. The molecule has 2 atom stereocenters. The minimum atomic E-state index is 0.0185. The van der Waals surface area contributed by atoms with E-state index in [2.05, 4.69) is 9.97 Å². The van der Waals surface area contributed by atoms with Gasteiger partial charge in [0.1, 0.15) is 5.75 Å². The lowest BCUT2D eigenvalue weighted by molar-refractivity contribution is 0.0660. The Morgan fingerprint density at radius 3 is 3.04 bits per heavy atom. The topological polar surface area (TPSA) is 81.3 Å². The van der Waals surface area contributed by atoms with Crippen LogP contribution in [0, 0.1) is 5.92 Å². The molecule has 0 saturated carbocycles. The van der Waals surface area contributed by atoms with Gasteiger partial charge in [0.05, 0.1) is 6.20 Å². The van der Waals surface area contributed by atoms with E-state index in [-0.39, 0.29) is 11.9 Å². The van der Waals surface area contributed by atoms with Crippen LogP contribution in [0.2, 0.25) is 0 Å². The Hall–Kier alpha value is -2.47. The highest BCUT2D eigenvalue weighted by Crippen LogP contribution is 2.23. The molecule has 1 fully saturated rings. The third-order valence-corrected chi connectivity index (χ3v) is 4.33. The zero-order valence-electron chi connectivity index (χ0n) is 13.8. The number of aromatic nitrogens is 2. The predicted molar refractivity (Wildman–Crippen MR) is 90.8 cm³/mol. The van der Waals surface area contributed by atoms with Crippen molar-refractivity contribution in [1.29, 1.82) is 0 Å². The molecule has 1 saturated heterocycles. The number of nitrogens with zero attached hydrogens (tertiary/aromatic N) is 3. The van der Waals surface area contributed by atoms with Gasteiger partial charge in [-0.25, -0.2) is 4.98 Å². The number of nitrogens with two attached hydrogens (primary N) is 1. The first-order valence-electron chi connectivity index (χ1n) is 8.22. The first kappa shape index (κ1) is 16.4. The number of piperidine rings is 1. The van der Waals surface area contributed by atoms with Gasteiger partial charge in [0.25, 0.3) is 5.91 Å². The lowest BCUT2D eigenvalue weighted by Gasteiger charge is -2.34. The molecule has 1 aliphatic heterocycles. The normalized spacial score (nSPS) is 18.9. The van der Waals surface area contributed by atoms with Crippen LogP contribution in [0.15, 0.2) is 42.9 Å². The molecule has 0 unspecified atom stereocenters. The summed E-state index contributed by atoms with van der Waals surface area (Å²) in [7, 11) is 0. The van der Waals surface area contributed by atoms with Crippen molar-refractivity contribution in [2.75, 3.05) is 13.1 Å². The van der Waals surface area contributed by atoms with E-state index in [1.165, 1.54) is 6.20 Å². The minimum Gasteiger partial charge on any atom is -0.437 e. The number of hydrogen-bond acceptors (Lipinski definition) is 5. The van der Waals surface area contributed by atoms with Crippen LogP contribution in [0.25, 0.3) is 0 Å². The molecule has 6 nitrogen and oxygen atoms in total. The molecular formula is C18H22N4O2. The summed E-state index contributed by atoms with van der Waals surface area (Å²) < 4.78 is 5.65. The maximum Gasteiger partial charge on any atom is 0.253 e. The summed E-state index contributed by atoms with van der Waals surface area (Å²) in [5.74, 6) is 1.35. The fraction of sp³-hybridized carbons (Fsp3) is 0.389. The smallest absolute Gasteiger partial charge is 0.253 e. The highest BCUT2D eigenvalue weighted by Gasteiger charge is 2.26. The third kappa shape index (κ3) is 3.89. The van der Waals surface area contributed by atoms with Crippen LogP contribution >= 0.6 is 0 Å². The fourth-order valence-electron chi connectivity index (χ4n) is 2.96. The van der Waals surface area contributed by atoms with Gasteiger partial charge in [0.2, 0.25) is 5.88 Å². The number of carbonyl (C=O) groups excluding carboxylic acids is 1. The molecule has 0 aliphatic carbocycles. The van der Waals surface area contributed by atoms with E-state index in [4.69, 9.17) is 10.5 Å². The Balaban J connectivity index is 1.72. The Kier molecular flexibility index (Phi) is 5.05. The van der Waals surface area contributed by atoms with Crippen LogP contribution in [-0.2, 0) is 0 Å². The molecule has 1 aromatic carbocycles. The van der Waals surface area contributed by atoms with E-state index in [9.17, 15) is 4.79 Å². The second-order valence-corrected chi connectivity index (χ2v) is 6.19. The minimum absolute atomic E-state index is 0.0185. The van der Waals surface area contributed by atoms with E-state index in [0.717, 1.165) is 19.4 Å². The number of carbonyl (C=O) groups is 1. The average molecular weight is 326 g/mol. The van der Waals surface area contributed by atoms with Gasteiger partial charge in [-0.3, -0.25) is 9.78 Å². The van der Waals surface area contributed by atoms with Crippen LogP contribution in [0.4, 0.5) is 0 Å². The second-order valence-electron chi connectivity index (χ2n) is 6.19. The number of benzene rings is 1. The maximum atomic E-state index is 12.8. The highest BCUT2D eigenvalue weighted by atomic mass is 16.5. The molecule has 1 aromatic heterocycles. The molecule has 2 heterocycles. The summed E-state index contributed by atoms with van der Waals surface area (Å²) in [6.45, 7) is 3.50. The Morgan fingerprint density at radius 1 is 1.42 bits per heavy atom. The van der Waals surface area contributed by atoms with Gasteiger partial charge in [-0.05, 0) is 43.9 Å². The van der Waals surface area contributed by atoms with Crippen molar-refractivity contribution >= 4 is 5.91 Å². The average Bonchev–Trinajstić information content (AvgIpc) is 2.62. The van der Waals surface area contributed by atoms with Crippen LogP contribution in [-0.4, -0.2) is 39.9 Å². The Labute approximate surface area is 141 Å². The van der Waals surface area contributed by atoms with Gasteiger partial charge in [0.15, 0.2) is 0 Å². The van der Waals surface area contributed by atoms with Crippen molar-refractivity contribution in [2.45, 2.75) is 25.8 Å². The van der Waals surface area contributed by atoms with Gasteiger partial charge in [-0.1, -0.05) is 6.07 Å². The van der Waals surface area contributed by atoms with Crippen LogP contribution in [0.1, 0.15) is 30.1 Å². The Morgan fingerprint density at radius 2 is 2.29 bits per heavy atom. The van der Waals surface area contributed by atoms with Crippen molar-refractivity contribution in [3.8, 4) is 11.6 Å². The highest BCUT2D eigenvalue weighted by molar-refractivity contribution is 5.94. The van der Waals surface area contributed by atoms with Crippen molar-refractivity contribution in [2.24, 2.45) is 11.7 Å². The monoisotopic (exact) mass is 326 g/mol. The van der Waals surface area contributed by atoms with E-state index in [0.29, 0.717) is 29.7 Å². The van der Waals surface area contributed by atoms with Crippen LogP contribution in [0.5, 0.6) is 11.6 Å². The standard InChI is InChI=1S/C18H22N4O2/c1-13(19)15-5-3-9-22(12-15)18(23)14-4-2-6-16(10-14)24-17-11-20-7-8-21-17/h2,4,6-8,10-11,13,15H,3,5,9,12,19H2,1H3/t13-,15-/m1/s1. The molecule has 126 valence electrons. The first-order chi connectivity index (χ1) is 11.6. The summed E-state index contributed by atoms with van der Waals surface area (Å²) in [6.07, 6.45) is 6.75. The molecule has 2 aromatic rings. The molecule has 24 heavy (non-hydrogen) atoms. The van der Waals surface area contributed by atoms with Gasteiger partial charge < -0.3 is 15.4 Å². The van der Waals surface area contributed by atoms with Crippen molar-refractivity contribution in [3.63, 3.8) is 0 Å². The zero-order valence-corrected chi connectivity index (χ0v) is 13.8. The van der Waals surface area contributed by atoms with Gasteiger partial charge in [-0.2, -0.15) is 0 Å². The van der Waals surface area contributed by atoms with Crippen molar-refractivity contribution in [3.05, 3.63) is 48.4 Å². The van der Waals surface area contributed by atoms with Gasteiger partial charge in [-0.15, -0.1) is 0 Å². The van der Waals surface area contributed by atoms with E-state index >= 15 is 0 Å². The zero-order chi connectivity index (χ0) is 16.9. The lowest BCUT2D eigenvalue weighted by Crippen LogP contribution is -2.45. The third-order valence-electron chi connectivity index (χ3n) is 4.33. The number of ether oxygens (including phenoxy) is 1. The van der Waals surface area contributed by atoms with Crippen molar-refractivity contribution in [1.82, 2.24) is 14.9 Å². The molecule has 0 radical (unpaired) electrons. The van der Waals surface area contributed by atoms with Crippen molar-refractivity contribution < 1.29 is 9.53 Å².